The molecule has 0 aliphatic carbocycles. The molecule has 1 fully saturated rings. The number of hydrogen-bond donors (Lipinski definition) is 2. The molecule has 188 valence electrons. The number of nitrogens with one attached hydrogen (secondary N) is 2. The minimum Gasteiger partial charge on any atom is -0.352 e. The van der Waals surface area contributed by atoms with E-state index in [9.17, 15) is 4.79 Å². The molecule has 1 aliphatic heterocycles. The van der Waals surface area contributed by atoms with Crippen molar-refractivity contribution in [1.82, 2.24) is 19.8 Å². The molecule has 0 spiro atoms. The zero-order valence-corrected chi connectivity index (χ0v) is 22.9. The van der Waals surface area contributed by atoms with Gasteiger partial charge >= 0.3 is 0 Å². The Morgan fingerprint density at radius 3 is 2.59 bits per heavy atom. The molecule has 0 bridgehead atoms. The fraction of sp³-hybridized carbons (Fsp3) is 0.207. The first kappa shape index (κ1) is 25.2. The highest BCUT2D eigenvalue weighted by Crippen LogP contribution is 2.39. The van der Waals surface area contributed by atoms with Crippen molar-refractivity contribution in [2.75, 3.05) is 11.9 Å². The highest BCUT2D eigenvalue weighted by atomic mass is 79.9. The van der Waals surface area contributed by atoms with Crippen LogP contribution < -0.4 is 10.6 Å². The lowest BCUT2D eigenvalue weighted by Crippen LogP contribution is -2.33. The van der Waals surface area contributed by atoms with Crippen molar-refractivity contribution in [2.45, 2.75) is 31.8 Å². The number of amides is 1. The van der Waals surface area contributed by atoms with Crippen LogP contribution >= 0.6 is 28.1 Å². The normalized spacial score (nSPS) is 17.0. The number of aromatic nitrogens is 2. The zero-order valence-electron chi connectivity index (χ0n) is 20.5. The van der Waals surface area contributed by atoms with E-state index in [-0.39, 0.29) is 18.0 Å². The van der Waals surface area contributed by atoms with Gasteiger partial charge in [-0.3, -0.25) is 9.78 Å². The van der Waals surface area contributed by atoms with E-state index in [1.165, 1.54) is 0 Å². The third-order valence-corrected chi connectivity index (χ3v) is 7.52. The summed E-state index contributed by atoms with van der Waals surface area (Å²) in [6.45, 7) is 2.56. The maximum absolute atomic E-state index is 13.0. The highest BCUT2D eigenvalue weighted by molar-refractivity contribution is 9.10. The van der Waals surface area contributed by atoms with Crippen molar-refractivity contribution in [3.05, 3.63) is 113 Å². The smallest absolute Gasteiger partial charge is 0.226 e. The number of thiocarbonyl (C=S) groups is 1. The number of hydrogen-bond acceptors (Lipinski definition) is 3. The van der Waals surface area contributed by atoms with Gasteiger partial charge in [-0.15, -0.1) is 0 Å². The van der Waals surface area contributed by atoms with Gasteiger partial charge in [0.15, 0.2) is 5.11 Å². The molecule has 1 amide bonds. The van der Waals surface area contributed by atoms with Crippen LogP contribution in [0, 0.1) is 0 Å². The number of carbonyl (C=O) groups excluding carboxylic acids is 1. The third kappa shape index (κ3) is 5.45. The van der Waals surface area contributed by atoms with E-state index >= 15 is 0 Å². The molecule has 2 N–H and O–H groups in total. The molecule has 0 radical (unpaired) electrons. The summed E-state index contributed by atoms with van der Waals surface area (Å²) in [5.41, 5.74) is 5.01. The van der Waals surface area contributed by atoms with Gasteiger partial charge in [-0.05, 0) is 78.8 Å². The van der Waals surface area contributed by atoms with Gasteiger partial charge in [0, 0.05) is 46.9 Å². The summed E-state index contributed by atoms with van der Waals surface area (Å²) >= 11 is 9.33. The maximum atomic E-state index is 13.0. The summed E-state index contributed by atoms with van der Waals surface area (Å²) in [5.74, 6) is -0.0352. The summed E-state index contributed by atoms with van der Waals surface area (Å²) in [4.78, 5) is 19.7. The van der Waals surface area contributed by atoms with Crippen LogP contribution in [0.4, 0.5) is 5.69 Å². The number of benzene rings is 2. The Hall–Kier alpha value is -3.49. The fourth-order valence-corrected chi connectivity index (χ4v) is 5.42. The van der Waals surface area contributed by atoms with E-state index in [1.54, 1.807) is 6.20 Å². The van der Waals surface area contributed by atoms with Crippen LogP contribution in [0.25, 0.3) is 5.69 Å². The predicted octanol–water partition coefficient (Wildman–Crippen LogP) is 6.20. The number of anilines is 1. The van der Waals surface area contributed by atoms with Gasteiger partial charge in [-0.1, -0.05) is 47.1 Å². The Bertz CT molecular complexity index is 1390. The fourth-order valence-electron chi connectivity index (χ4n) is 4.83. The lowest BCUT2D eigenvalue weighted by Gasteiger charge is -2.29. The van der Waals surface area contributed by atoms with Crippen molar-refractivity contribution in [1.29, 1.82) is 0 Å². The maximum Gasteiger partial charge on any atom is 0.226 e. The molecule has 0 saturated carbocycles. The first-order valence-electron chi connectivity index (χ1n) is 12.3. The van der Waals surface area contributed by atoms with Crippen LogP contribution in [0.3, 0.4) is 0 Å². The average molecular weight is 575 g/mol. The molecule has 1 saturated heterocycles. The van der Waals surface area contributed by atoms with E-state index in [0.29, 0.717) is 18.1 Å². The quantitative estimate of drug-likeness (QED) is 0.246. The molecule has 0 unspecified atom stereocenters. The Morgan fingerprint density at radius 2 is 1.84 bits per heavy atom. The topological polar surface area (TPSA) is 62.2 Å². The molecule has 3 heterocycles. The van der Waals surface area contributed by atoms with Crippen LogP contribution in [0.5, 0.6) is 0 Å². The largest absolute Gasteiger partial charge is 0.352 e. The van der Waals surface area contributed by atoms with Crippen LogP contribution in [0.1, 0.15) is 42.4 Å². The predicted molar refractivity (Wildman–Crippen MR) is 155 cm³/mol. The van der Waals surface area contributed by atoms with Gasteiger partial charge in [0.05, 0.1) is 17.8 Å². The van der Waals surface area contributed by atoms with Gasteiger partial charge in [-0.25, -0.2) is 0 Å². The lowest BCUT2D eigenvalue weighted by molar-refractivity contribution is -0.116. The summed E-state index contributed by atoms with van der Waals surface area (Å²) in [6, 6.07) is 25.9. The number of nitrogens with zero attached hydrogens (tertiary/aromatic N) is 3. The number of carbonyl (C=O) groups is 1. The molecule has 2 atom stereocenters. The molecule has 4 aromatic rings. The van der Waals surface area contributed by atoms with Gasteiger partial charge in [-0.2, -0.15) is 0 Å². The van der Waals surface area contributed by atoms with E-state index in [4.69, 9.17) is 12.2 Å². The molecule has 6 nitrogen and oxygen atoms in total. The summed E-state index contributed by atoms with van der Waals surface area (Å²) in [5, 5.41) is 7.18. The molecule has 2 aromatic carbocycles. The molecule has 8 heteroatoms. The average Bonchev–Trinajstić information content (AvgIpc) is 3.53. The molecule has 5 rings (SSSR count). The highest BCUT2D eigenvalue weighted by Gasteiger charge is 2.41. The van der Waals surface area contributed by atoms with E-state index in [2.05, 4.69) is 72.3 Å². The summed E-state index contributed by atoms with van der Waals surface area (Å²) in [6.07, 6.45) is 5.02. The molecule has 2 aromatic heterocycles. The first-order chi connectivity index (χ1) is 18.0. The van der Waals surface area contributed by atoms with Gasteiger partial charge in [0.2, 0.25) is 5.91 Å². The minimum absolute atomic E-state index is 0.0352. The van der Waals surface area contributed by atoms with Crippen LogP contribution in [-0.4, -0.2) is 32.0 Å². The van der Waals surface area contributed by atoms with Crippen LogP contribution in [0.15, 0.2) is 95.7 Å². The summed E-state index contributed by atoms with van der Waals surface area (Å²) in [7, 11) is 0. The van der Waals surface area contributed by atoms with Crippen molar-refractivity contribution in [3.8, 4) is 5.69 Å². The lowest BCUT2D eigenvalue weighted by atomic mass is 10.0. The molecule has 1 aliphatic rings. The molecular formula is C29H28BrN5OS. The SMILES string of the molecule is CCc1ccccc1NC(=O)CCN1C(=S)N[C@@H](c2ccccn2)[C@@H]1c1cccn1-c1ccc(Br)cc1. The number of pyridine rings is 1. The number of para-hydroxylation sites is 1. The van der Waals surface area contributed by atoms with E-state index in [1.807, 2.05) is 60.7 Å². The first-order valence-corrected chi connectivity index (χ1v) is 13.5. The number of halogens is 1. The van der Waals surface area contributed by atoms with Crippen LogP contribution in [-0.2, 0) is 11.2 Å². The van der Waals surface area contributed by atoms with Crippen molar-refractivity contribution < 1.29 is 4.79 Å². The number of rotatable bonds is 8. The second-order valence-corrected chi connectivity index (χ2v) is 10.2. The van der Waals surface area contributed by atoms with Crippen molar-refractivity contribution in [3.63, 3.8) is 0 Å². The Kier molecular flexibility index (Phi) is 7.67. The van der Waals surface area contributed by atoms with Crippen LogP contribution in [0.2, 0.25) is 0 Å². The molecular weight excluding hydrogens is 546 g/mol. The van der Waals surface area contributed by atoms with Gasteiger partial charge < -0.3 is 20.1 Å². The Balaban J connectivity index is 1.43. The third-order valence-electron chi connectivity index (χ3n) is 6.64. The second kappa shape index (κ2) is 11.3. The standard InChI is InChI=1S/C29H28BrN5OS/c1-2-20-8-3-4-9-23(20)32-26(36)16-19-35-28(27(33-29(35)37)24-10-5-6-17-31-24)25-11-7-18-34(25)22-14-12-21(30)13-15-22/h3-15,17-18,27-28H,2,16,19H2,1H3,(H,32,36)(H,33,37)/t27-,28-/m0/s1. The van der Waals surface area contributed by atoms with Gasteiger partial charge in [0.1, 0.15) is 0 Å². The number of aryl methyl sites for hydroxylation is 1. The Morgan fingerprint density at radius 1 is 1.05 bits per heavy atom. The van der Waals surface area contributed by atoms with Gasteiger partial charge in [0.25, 0.3) is 0 Å². The van der Waals surface area contributed by atoms with Crippen molar-refractivity contribution >= 4 is 44.9 Å². The van der Waals surface area contributed by atoms with E-state index in [0.717, 1.165) is 39.2 Å². The second-order valence-electron chi connectivity index (χ2n) is 8.91. The van der Waals surface area contributed by atoms with E-state index < -0.39 is 0 Å². The zero-order chi connectivity index (χ0) is 25.8. The Labute approximate surface area is 230 Å². The minimum atomic E-state index is -0.151. The van der Waals surface area contributed by atoms with Crippen molar-refractivity contribution in [2.24, 2.45) is 0 Å². The summed E-state index contributed by atoms with van der Waals surface area (Å²) < 4.78 is 3.20. The monoisotopic (exact) mass is 573 g/mol. The molecule has 37 heavy (non-hydrogen) atoms.